The Morgan fingerprint density at radius 3 is 0.800 bits per heavy atom. The lowest BCUT2D eigenvalue weighted by atomic mass is 9.98. The van der Waals surface area contributed by atoms with Crippen LogP contribution in [0, 0.1) is 0 Å². The minimum Gasteiger partial charge on any atom is -0.374 e. The fourth-order valence-corrected chi connectivity index (χ4v) is 9.85. The summed E-state index contributed by atoms with van der Waals surface area (Å²) < 4.78 is 63.3. The molecule has 0 aromatic heterocycles. The highest BCUT2D eigenvalue weighted by Gasteiger charge is 2.49. The minimum absolute atomic E-state index is 0.224. The molecule has 8 aromatic carbocycles. The molecule has 10 atom stereocenters. The van der Waals surface area contributed by atoms with E-state index in [1.807, 2.05) is 243 Å². The molecule has 10 rings (SSSR count). The van der Waals surface area contributed by atoms with Gasteiger partial charge in [0.1, 0.15) is 48.8 Å². The van der Waals surface area contributed by atoms with E-state index in [9.17, 15) is 5.11 Å². The molecule has 0 radical (unpaired) electrons. The summed E-state index contributed by atoms with van der Waals surface area (Å²) in [6, 6.07) is 79.9. The maximum Gasteiger partial charge on any atom is 0.184 e. The van der Waals surface area contributed by atoms with Gasteiger partial charge < -0.3 is 52.5 Å². The summed E-state index contributed by atoms with van der Waals surface area (Å²) in [6.45, 7) is 3.58. The van der Waals surface area contributed by atoms with Gasteiger partial charge in [0.05, 0.1) is 66.1 Å². The highest BCUT2D eigenvalue weighted by atomic mass is 35.5. The van der Waals surface area contributed by atoms with Crippen molar-refractivity contribution in [3.8, 4) is 0 Å². The Morgan fingerprint density at radius 1 is 0.275 bits per heavy atom. The van der Waals surface area contributed by atoms with Crippen LogP contribution in [0.1, 0.15) is 44.5 Å². The topological polar surface area (TPSA) is 113 Å². The molecule has 80 heavy (non-hydrogen) atoms. The van der Waals surface area contributed by atoms with E-state index in [1.165, 1.54) is 0 Å². The summed E-state index contributed by atoms with van der Waals surface area (Å²) in [5, 5.41) is 11.2. The zero-order valence-electron chi connectivity index (χ0n) is 44.8. The van der Waals surface area contributed by atoms with Crippen molar-refractivity contribution in [3.05, 3.63) is 287 Å². The fraction of sp³-hybridized carbons (Fsp3) is 0.294. The van der Waals surface area contributed by atoms with Gasteiger partial charge in [-0.25, -0.2) is 0 Å². The molecule has 0 aliphatic carbocycles. The van der Waals surface area contributed by atoms with Crippen molar-refractivity contribution < 1.29 is 52.5 Å². The molecule has 0 spiro atoms. The molecule has 2 aliphatic heterocycles. The van der Waals surface area contributed by atoms with Crippen molar-refractivity contribution in [2.24, 2.45) is 0 Å². The Morgan fingerprint density at radius 2 is 0.500 bits per heavy atom. The second-order valence-electron chi connectivity index (χ2n) is 19.7. The van der Waals surface area contributed by atoms with Crippen LogP contribution in [0.4, 0.5) is 0 Å². The van der Waals surface area contributed by atoms with E-state index in [1.54, 1.807) is 0 Å². The van der Waals surface area contributed by atoms with Crippen LogP contribution in [0.5, 0.6) is 0 Å². The van der Waals surface area contributed by atoms with Gasteiger partial charge in [-0.3, -0.25) is 0 Å². The Kier molecular flexibility index (Phi) is 23.4. The van der Waals surface area contributed by atoms with Gasteiger partial charge in [0.25, 0.3) is 0 Å². The Bertz CT molecular complexity index is 2680. The Hall–Kier alpha value is -6.39. The summed E-state index contributed by atoms with van der Waals surface area (Å²) in [5.74, 6) is 0. The van der Waals surface area contributed by atoms with Crippen molar-refractivity contribution in [3.63, 3.8) is 0 Å². The van der Waals surface area contributed by atoms with Crippen LogP contribution in [0.2, 0.25) is 0 Å². The van der Waals surface area contributed by atoms with Gasteiger partial charge in [-0.2, -0.15) is 0 Å². The molecule has 2 heterocycles. The van der Waals surface area contributed by atoms with E-state index in [4.69, 9.17) is 59.0 Å². The smallest absolute Gasteiger partial charge is 0.184 e. The molecule has 416 valence electrons. The summed E-state index contributed by atoms with van der Waals surface area (Å²) in [6.07, 6.45) is -5.69. The standard InChI is InChI=1S/C34H35ClO5.C34H36O6/c2*35-34-33(39-24-29-19-11-4-12-20-29)32(38-23-28-17-9-3-10-18-28)31(37-22-27-15-7-2-8-16-27)30(40-34)25-36-21-26-13-5-1-6-14-26/h1-20,30-34H,21-25H2;1-20,30-35H,21-25H2. The Labute approximate surface area is 475 Å². The number of hydrogen-bond acceptors (Lipinski definition) is 11. The maximum atomic E-state index is 11.2. The van der Waals surface area contributed by atoms with Gasteiger partial charge >= 0.3 is 0 Å². The number of benzene rings is 8. The van der Waals surface area contributed by atoms with Gasteiger partial charge in [0.2, 0.25) is 0 Å². The first kappa shape index (κ1) is 58.3. The minimum atomic E-state index is -1.22. The van der Waals surface area contributed by atoms with E-state index in [0.717, 1.165) is 44.5 Å². The monoisotopic (exact) mass is 1100 g/mol. The van der Waals surface area contributed by atoms with E-state index in [2.05, 4.69) is 0 Å². The van der Waals surface area contributed by atoms with E-state index in [-0.39, 0.29) is 6.61 Å². The molecule has 1 N–H and O–H groups in total. The highest BCUT2D eigenvalue weighted by molar-refractivity contribution is 6.20. The average Bonchev–Trinajstić information content (AvgIpc) is 3.54. The number of halogens is 1. The first-order chi connectivity index (χ1) is 39.5. The lowest BCUT2D eigenvalue weighted by Gasteiger charge is -2.44. The van der Waals surface area contributed by atoms with Crippen LogP contribution in [-0.2, 0) is 100 Å². The number of hydrogen-bond donors (Lipinski definition) is 1. The van der Waals surface area contributed by atoms with E-state index >= 15 is 0 Å². The zero-order chi connectivity index (χ0) is 54.8. The van der Waals surface area contributed by atoms with Gasteiger partial charge in [0, 0.05) is 0 Å². The third-order valence-corrected chi connectivity index (χ3v) is 14.0. The molecule has 2 fully saturated rings. The summed E-state index contributed by atoms with van der Waals surface area (Å²) in [5.41, 5.74) is 7.60. The molecule has 0 bridgehead atoms. The number of ether oxygens (including phenoxy) is 10. The molecular weight excluding hydrogens is 1030 g/mol. The van der Waals surface area contributed by atoms with Crippen LogP contribution in [0.3, 0.4) is 0 Å². The molecule has 2 saturated heterocycles. The average molecular weight is 1100 g/mol. The zero-order valence-corrected chi connectivity index (χ0v) is 45.6. The Balaban J connectivity index is 0.000000194. The van der Waals surface area contributed by atoms with Crippen LogP contribution >= 0.6 is 11.6 Å². The number of aliphatic hydroxyl groups excluding tert-OH is 1. The molecule has 10 unspecified atom stereocenters. The molecule has 0 saturated carbocycles. The second kappa shape index (κ2) is 32.2. The van der Waals surface area contributed by atoms with Crippen molar-refractivity contribution in [1.82, 2.24) is 0 Å². The van der Waals surface area contributed by atoms with Gasteiger partial charge in [-0.1, -0.05) is 254 Å². The summed E-state index contributed by atoms with van der Waals surface area (Å²) in [7, 11) is 0. The third-order valence-electron chi connectivity index (χ3n) is 13.7. The number of alkyl halides is 1. The van der Waals surface area contributed by atoms with Crippen LogP contribution in [-0.4, -0.2) is 79.0 Å². The van der Waals surface area contributed by atoms with E-state index < -0.39 is 60.7 Å². The van der Waals surface area contributed by atoms with Gasteiger partial charge in [0.15, 0.2) is 11.9 Å². The van der Waals surface area contributed by atoms with E-state index in [0.29, 0.717) is 59.5 Å². The molecule has 8 aromatic rings. The second-order valence-corrected chi connectivity index (χ2v) is 20.1. The lowest BCUT2D eigenvalue weighted by Crippen LogP contribution is -2.61. The number of aliphatic hydroxyl groups is 1. The first-order valence-electron chi connectivity index (χ1n) is 27.3. The van der Waals surface area contributed by atoms with Crippen molar-refractivity contribution in [2.45, 2.75) is 114 Å². The quantitative estimate of drug-likeness (QED) is 0.0523. The molecule has 0 amide bonds. The van der Waals surface area contributed by atoms with Crippen LogP contribution in [0.25, 0.3) is 0 Å². The van der Waals surface area contributed by atoms with Gasteiger partial charge in [-0.15, -0.1) is 0 Å². The summed E-state index contributed by atoms with van der Waals surface area (Å²) >= 11 is 6.86. The number of rotatable bonds is 26. The molecular formula is C68H71ClO11. The van der Waals surface area contributed by atoms with Gasteiger partial charge in [-0.05, 0) is 44.5 Å². The molecule has 12 heteroatoms. The maximum absolute atomic E-state index is 11.2. The largest absolute Gasteiger partial charge is 0.374 e. The van der Waals surface area contributed by atoms with Crippen LogP contribution < -0.4 is 0 Å². The first-order valence-corrected chi connectivity index (χ1v) is 27.8. The molecule has 2 aliphatic rings. The van der Waals surface area contributed by atoms with Crippen molar-refractivity contribution in [2.75, 3.05) is 13.2 Å². The predicted octanol–water partition coefficient (Wildman–Crippen LogP) is 12.6. The third kappa shape index (κ3) is 18.3. The SMILES string of the molecule is ClC1OC(COCc2ccccc2)C(OCc2ccccc2)C(OCc2ccccc2)C1OCc1ccccc1.OC1OC(COCc2ccccc2)C(OCc2ccccc2)C(OCc2ccccc2)C1OCc1ccccc1. The fourth-order valence-electron chi connectivity index (χ4n) is 9.50. The lowest BCUT2D eigenvalue weighted by molar-refractivity contribution is -0.317. The predicted molar refractivity (Wildman–Crippen MR) is 308 cm³/mol. The normalized spacial score (nSPS) is 22.7. The highest BCUT2D eigenvalue weighted by Crippen LogP contribution is 2.33. The molecule has 11 nitrogen and oxygen atoms in total. The van der Waals surface area contributed by atoms with Crippen molar-refractivity contribution in [1.29, 1.82) is 0 Å². The van der Waals surface area contributed by atoms with Crippen LogP contribution in [0.15, 0.2) is 243 Å². The van der Waals surface area contributed by atoms with Crippen molar-refractivity contribution >= 4 is 11.6 Å². The summed E-state index contributed by atoms with van der Waals surface area (Å²) in [4.78, 5) is 0.